The molecule has 0 spiro atoms. The molecule has 1 rings (SSSR count). The molecule has 0 saturated heterocycles. The van der Waals surface area contributed by atoms with Gasteiger partial charge in [0, 0.05) is 0 Å². The molecule has 0 aliphatic rings. The summed E-state index contributed by atoms with van der Waals surface area (Å²) < 4.78 is 5.59. The van der Waals surface area contributed by atoms with E-state index < -0.39 is 0 Å². The van der Waals surface area contributed by atoms with Crippen molar-refractivity contribution in [2.75, 3.05) is 0 Å². The molecule has 78 valence electrons. The average Bonchev–Trinajstić information content (AvgIpc) is 2.22. The second-order valence-corrected chi connectivity index (χ2v) is 3.31. The van der Waals surface area contributed by atoms with Gasteiger partial charge in [-0.3, -0.25) is 0 Å². The van der Waals surface area contributed by atoms with Crippen LogP contribution in [0.1, 0.15) is 12.5 Å². The summed E-state index contributed by atoms with van der Waals surface area (Å²) in [7, 11) is 0. The van der Waals surface area contributed by atoms with Gasteiger partial charge in [0.25, 0.3) is 0 Å². The first-order chi connectivity index (χ1) is 7.22. The van der Waals surface area contributed by atoms with Crippen LogP contribution < -0.4 is 4.74 Å². The lowest BCUT2D eigenvalue weighted by Crippen LogP contribution is -1.89. The van der Waals surface area contributed by atoms with Crippen molar-refractivity contribution in [2.45, 2.75) is 13.8 Å². The highest BCUT2D eigenvalue weighted by Crippen LogP contribution is 2.14. The van der Waals surface area contributed by atoms with E-state index >= 15 is 0 Å². The molecule has 0 N–H and O–H groups in total. The van der Waals surface area contributed by atoms with Crippen molar-refractivity contribution in [3.63, 3.8) is 0 Å². The van der Waals surface area contributed by atoms with E-state index in [4.69, 9.17) is 4.74 Å². The highest BCUT2D eigenvalue weighted by Gasteiger charge is 1.93. The van der Waals surface area contributed by atoms with Crippen molar-refractivity contribution in [2.24, 2.45) is 0 Å². The van der Waals surface area contributed by atoms with Gasteiger partial charge in [0.1, 0.15) is 11.5 Å². The van der Waals surface area contributed by atoms with Gasteiger partial charge in [0.2, 0.25) is 0 Å². The molecule has 0 amide bonds. The summed E-state index contributed by atoms with van der Waals surface area (Å²) in [5.41, 5.74) is 1.23. The predicted molar refractivity (Wildman–Crippen MR) is 64.9 cm³/mol. The van der Waals surface area contributed by atoms with E-state index in [9.17, 15) is 0 Å². The molecule has 0 fully saturated rings. The van der Waals surface area contributed by atoms with Gasteiger partial charge >= 0.3 is 0 Å². The number of rotatable bonds is 4. The third kappa shape index (κ3) is 4.32. The molecular formula is C14H16O. The van der Waals surface area contributed by atoms with Crippen LogP contribution in [0.15, 0.2) is 60.9 Å². The molecule has 1 aromatic carbocycles. The van der Waals surface area contributed by atoms with Crippen LogP contribution in [0.25, 0.3) is 0 Å². The van der Waals surface area contributed by atoms with E-state index in [1.807, 2.05) is 49.4 Å². The quantitative estimate of drug-likeness (QED) is 0.527. The van der Waals surface area contributed by atoms with Gasteiger partial charge < -0.3 is 4.74 Å². The molecule has 0 aromatic heterocycles. The molecule has 0 saturated carbocycles. The molecule has 0 bridgehead atoms. The number of ether oxygens (including phenoxy) is 1. The molecule has 15 heavy (non-hydrogen) atoms. The number of benzene rings is 1. The second-order valence-electron chi connectivity index (χ2n) is 3.31. The fraction of sp³-hybridized carbons (Fsp3) is 0.143. The van der Waals surface area contributed by atoms with Gasteiger partial charge in [0.15, 0.2) is 0 Å². The minimum absolute atomic E-state index is 0.858. The molecule has 0 unspecified atom stereocenters. The van der Waals surface area contributed by atoms with Crippen LogP contribution in [0, 0.1) is 6.92 Å². The number of aryl methyl sites for hydroxylation is 1. The lowest BCUT2D eigenvalue weighted by Gasteiger charge is -2.04. The van der Waals surface area contributed by atoms with E-state index in [1.54, 1.807) is 6.08 Å². The molecule has 1 heteroatoms. The summed E-state index contributed by atoms with van der Waals surface area (Å²) in [5.74, 6) is 1.72. The van der Waals surface area contributed by atoms with Crippen LogP contribution in [0.5, 0.6) is 5.75 Å². The Morgan fingerprint density at radius 1 is 1.20 bits per heavy atom. The van der Waals surface area contributed by atoms with Gasteiger partial charge in [-0.2, -0.15) is 0 Å². The fourth-order valence-corrected chi connectivity index (χ4v) is 1.10. The van der Waals surface area contributed by atoms with Crippen LogP contribution in [-0.2, 0) is 0 Å². The number of hydrogen-bond acceptors (Lipinski definition) is 1. The zero-order valence-electron chi connectivity index (χ0n) is 9.23. The fourth-order valence-electron chi connectivity index (χ4n) is 1.10. The van der Waals surface area contributed by atoms with Gasteiger partial charge in [-0.15, -0.1) is 0 Å². The summed E-state index contributed by atoms with van der Waals surface area (Å²) in [6, 6.07) is 7.98. The Morgan fingerprint density at radius 2 is 1.87 bits per heavy atom. The SMILES string of the molecule is C=C/C=C\C=C(/C)Oc1ccc(C)cc1. The second kappa shape index (κ2) is 5.86. The Kier molecular flexibility index (Phi) is 4.42. The van der Waals surface area contributed by atoms with Gasteiger partial charge in [0.05, 0.1) is 0 Å². The summed E-state index contributed by atoms with van der Waals surface area (Å²) >= 11 is 0. The molecule has 0 aliphatic carbocycles. The normalized spacial score (nSPS) is 11.7. The van der Waals surface area contributed by atoms with Crippen molar-refractivity contribution in [1.29, 1.82) is 0 Å². The zero-order valence-corrected chi connectivity index (χ0v) is 9.23. The Hall–Kier alpha value is -1.76. The maximum Gasteiger partial charge on any atom is 0.126 e. The standard InChI is InChI=1S/C14H16O/c1-4-5-6-7-13(3)15-14-10-8-12(2)9-11-14/h4-11H,1H2,2-3H3/b6-5-,13-7+. The van der Waals surface area contributed by atoms with Crippen LogP contribution >= 0.6 is 0 Å². The maximum absolute atomic E-state index is 5.59. The zero-order chi connectivity index (χ0) is 11.1. The Labute approximate surface area is 91.4 Å². The minimum atomic E-state index is 0.858. The number of allylic oxidation sites excluding steroid dienone is 5. The van der Waals surface area contributed by atoms with Gasteiger partial charge in [-0.25, -0.2) is 0 Å². The highest BCUT2D eigenvalue weighted by atomic mass is 16.5. The summed E-state index contributed by atoms with van der Waals surface area (Å²) in [5, 5.41) is 0. The van der Waals surface area contributed by atoms with Crippen molar-refractivity contribution in [1.82, 2.24) is 0 Å². The van der Waals surface area contributed by atoms with E-state index in [2.05, 4.69) is 13.5 Å². The average molecular weight is 200 g/mol. The smallest absolute Gasteiger partial charge is 0.126 e. The minimum Gasteiger partial charge on any atom is -0.462 e. The first-order valence-electron chi connectivity index (χ1n) is 4.93. The predicted octanol–water partition coefficient (Wildman–Crippen LogP) is 4.02. The van der Waals surface area contributed by atoms with E-state index in [0.29, 0.717) is 0 Å². The molecule has 0 atom stereocenters. The van der Waals surface area contributed by atoms with Gasteiger partial charge in [-0.05, 0) is 32.1 Å². The van der Waals surface area contributed by atoms with Crippen LogP contribution in [0.2, 0.25) is 0 Å². The summed E-state index contributed by atoms with van der Waals surface area (Å²) in [6.45, 7) is 7.57. The molecule has 1 nitrogen and oxygen atoms in total. The van der Waals surface area contributed by atoms with Crippen molar-refractivity contribution < 1.29 is 4.74 Å². The molecule has 1 aromatic rings. The lowest BCUT2D eigenvalue weighted by atomic mass is 10.2. The summed E-state index contributed by atoms with van der Waals surface area (Å²) in [6.07, 6.45) is 7.40. The third-order valence-corrected chi connectivity index (χ3v) is 1.88. The lowest BCUT2D eigenvalue weighted by molar-refractivity contribution is 0.428. The van der Waals surface area contributed by atoms with Crippen molar-refractivity contribution in [3.8, 4) is 5.75 Å². The van der Waals surface area contributed by atoms with Gasteiger partial charge in [-0.1, -0.05) is 42.5 Å². The van der Waals surface area contributed by atoms with Crippen LogP contribution in [0.3, 0.4) is 0 Å². The Balaban J connectivity index is 2.61. The highest BCUT2D eigenvalue weighted by molar-refractivity contribution is 5.28. The Bertz CT molecular complexity index is 369. The first-order valence-corrected chi connectivity index (χ1v) is 4.93. The number of hydrogen-bond donors (Lipinski definition) is 0. The summed E-state index contributed by atoms with van der Waals surface area (Å²) in [4.78, 5) is 0. The van der Waals surface area contributed by atoms with Crippen LogP contribution in [-0.4, -0.2) is 0 Å². The van der Waals surface area contributed by atoms with E-state index in [0.717, 1.165) is 11.5 Å². The topological polar surface area (TPSA) is 9.23 Å². The molecular weight excluding hydrogens is 184 g/mol. The van der Waals surface area contributed by atoms with E-state index in [1.165, 1.54) is 5.56 Å². The maximum atomic E-state index is 5.59. The van der Waals surface area contributed by atoms with Crippen molar-refractivity contribution >= 4 is 0 Å². The van der Waals surface area contributed by atoms with Crippen LogP contribution in [0.4, 0.5) is 0 Å². The van der Waals surface area contributed by atoms with Crippen molar-refractivity contribution in [3.05, 3.63) is 66.5 Å². The third-order valence-electron chi connectivity index (χ3n) is 1.88. The molecule has 0 aliphatic heterocycles. The molecule has 0 radical (unpaired) electrons. The molecule has 0 heterocycles. The van der Waals surface area contributed by atoms with E-state index in [-0.39, 0.29) is 0 Å². The monoisotopic (exact) mass is 200 g/mol. The Morgan fingerprint density at radius 3 is 2.47 bits per heavy atom. The first kappa shape index (κ1) is 11.3. The largest absolute Gasteiger partial charge is 0.462 e.